The maximum Gasteiger partial charge on any atom is 0.248 e. The second-order valence-electron chi connectivity index (χ2n) is 6.80. The van der Waals surface area contributed by atoms with E-state index in [0.717, 1.165) is 21.7 Å². The van der Waals surface area contributed by atoms with E-state index in [1.807, 2.05) is 84.2 Å². The topological polar surface area (TPSA) is 72.2 Å². The molecular formula is C24H17N5OS. The lowest BCUT2D eigenvalue weighted by Crippen LogP contribution is -2.07. The number of thiophene rings is 1. The van der Waals surface area contributed by atoms with Crippen LogP contribution in [0.25, 0.3) is 33.7 Å². The van der Waals surface area contributed by atoms with E-state index < -0.39 is 0 Å². The molecule has 0 spiro atoms. The normalized spacial score (nSPS) is 11.2. The molecule has 3 aromatic heterocycles. The van der Waals surface area contributed by atoms with Crippen molar-refractivity contribution in [2.45, 2.75) is 0 Å². The van der Waals surface area contributed by atoms with Gasteiger partial charge in [0, 0.05) is 17.3 Å². The Bertz CT molecular complexity index is 1370. The van der Waals surface area contributed by atoms with Gasteiger partial charge in [0.1, 0.15) is 0 Å². The largest absolute Gasteiger partial charge is 0.322 e. The molecule has 0 aliphatic heterocycles. The molecule has 0 aliphatic rings. The van der Waals surface area contributed by atoms with Crippen LogP contribution in [0.3, 0.4) is 0 Å². The minimum absolute atomic E-state index is 0.191. The predicted molar refractivity (Wildman–Crippen MR) is 124 cm³/mol. The fourth-order valence-corrected chi connectivity index (χ4v) is 3.87. The molecule has 0 aliphatic carbocycles. The second-order valence-corrected chi connectivity index (χ2v) is 7.75. The Hall–Kier alpha value is -4.10. The molecule has 2 aromatic carbocycles. The molecule has 31 heavy (non-hydrogen) atoms. The van der Waals surface area contributed by atoms with Crippen LogP contribution >= 0.6 is 11.3 Å². The van der Waals surface area contributed by atoms with Gasteiger partial charge >= 0.3 is 0 Å². The van der Waals surface area contributed by atoms with Crippen LogP contribution in [-0.2, 0) is 4.79 Å². The van der Waals surface area contributed by atoms with Crippen molar-refractivity contribution in [2.75, 3.05) is 5.32 Å². The number of hydrogen-bond acceptors (Lipinski definition) is 5. The van der Waals surface area contributed by atoms with Crippen molar-refractivity contribution < 1.29 is 4.79 Å². The fourth-order valence-electron chi connectivity index (χ4n) is 3.18. The predicted octanol–water partition coefficient (Wildman–Crippen LogP) is 5.17. The molecule has 0 radical (unpaired) electrons. The summed E-state index contributed by atoms with van der Waals surface area (Å²) in [7, 11) is 0. The number of carbonyl (C=O) groups is 1. The SMILES string of the molecule is O=C(/C=C/c1ccccc1)Nc1cccc(-c2ccc3nnc(-c4cccs4)n3n2)c1. The van der Waals surface area contributed by atoms with Gasteiger partial charge in [-0.3, -0.25) is 4.79 Å². The Kier molecular flexibility index (Phi) is 5.08. The van der Waals surface area contributed by atoms with Crippen molar-refractivity contribution in [1.29, 1.82) is 0 Å². The Balaban J connectivity index is 1.40. The lowest BCUT2D eigenvalue weighted by molar-refractivity contribution is -0.111. The van der Waals surface area contributed by atoms with Gasteiger partial charge in [-0.2, -0.15) is 9.61 Å². The molecule has 1 N–H and O–H groups in total. The first-order valence-corrected chi connectivity index (χ1v) is 10.6. The maximum atomic E-state index is 12.3. The number of nitrogens with one attached hydrogen (secondary N) is 1. The van der Waals surface area contributed by atoms with Crippen LogP contribution < -0.4 is 5.32 Å². The summed E-state index contributed by atoms with van der Waals surface area (Å²) in [5, 5.41) is 18.1. The summed E-state index contributed by atoms with van der Waals surface area (Å²) in [4.78, 5) is 13.3. The minimum atomic E-state index is -0.191. The van der Waals surface area contributed by atoms with Crippen molar-refractivity contribution in [2.24, 2.45) is 0 Å². The van der Waals surface area contributed by atoms with Crippen molar-refractivity contribution in [3.8, 4) is 22.0 Å². The summed E-state index contributed by atoms with van der Waals surface area (Å²) in [6.07, 6.45) is 3.31. The highest BCUT2D eigenvalue weighted by molar-refractivity contribution is 7.13. The number of fused-ring (bicyclic) bond motifs is 1. The van der Waals surface area contributed by atoms with Crippen LogP contribution in [0.5, 0.6) is 0 Å². The van der Waals surface area contributed by atoms with E-state index in [0.29, 0.717) is 17.2 Å². The molecule has 0 unspecified atom stereocenters. The quantitative estimate of drug-likeness (QED) is 0.396. The zero-order valence-corrected chi connectivity index (χ0v) is 17.2. The maximum absolute atomic E-state index is 12.3. The molecule has 0 saturated carbocycles. The summed E-state index contributed by atoms with van der Waals surface area (Å²) in [5.74, 6) is 0.519. The third kappa shape index (κ3) is 4.12. The summed E-state index contributed by atoms with van der Waals surface area (Å²) < 4.78 is 1.75. The van der Waals surface area contributed by atoms with Gasteiger partial charge in [0.25, 0.3) is 0 Å². The monoisotopic (exact) mass is 423 g/mol. The third-order valence-corrected chi connectivity index (χ3v) is 5.52. The number of amides is 1. The van der Waals surface area contributed by atoms with Crippen LogP contribution in [-0.4, -0.2) is 25.7 Å². The molecule has 5 rings (SSSR count). The van der Waals surface area contributed by atoms with Crippen LogP contribution in [0.4, 0.5) is 5.69 Å². The van der Waals surface area contributed by atoms with Crippen LogP contribution in [0.15, 0.2) is 90.3 Å². The molecule has 1 amide bonds. The van der Waals surface area contributed by atoms with E-state index in [-0.39, 0.29) is 5.91 Å². The van der Waals surface area contributed by atoms with E-state index in [4.69, 9.17) is 5.10 Å². The zero-order valence-electron chi connectivity index (χ0n) is 16.3. The van der Waals surface area contributed by atoms with Crippen LogP contribution in [0.2, 0.25) is 0 Å². The van der Waals surface area contributed by atoms with Gasteiger partial charge in [0.05, 0.1) is 10.6 Å². The molecule has 0 saturated heterocycles. The lowest BCUT2D eigenvalue weighted by Gasteiger charge is -2.06. The Morgan fingerprint density at radius 2 is 1.84 bits per heavy atom. The first-order valence-electron chi connectivity index (χ1n) is 9.67. The Morgan fingerprint density at radius 1 is 0.935 bits per heavy atom. The van der Waals surface area contributed by atoms with E-state index >= 15 is 0 Å². The number of aromatic nitrogens is 4. The molecule has 150 valence electrons. The van der Waals surface area contributed by atoms with E-state index in [1.165, 1.54) is 6.08 Å². The number of carbonyl (C=O) groups excluding carboxylic acids is 1. The number of hydrogen-bond donors (Lipinski definition) is 1. The Morgan fingerprint density at radius 3 is 2.68 bits per heavy atom. The van der Waals surface area contributed by atoms with Crippen molar-refractivity contribution in [3.05, 3.63) is 95.9 Å². The van der Waals surface area contributed by atoms with Gasteiger partial charge in [-0.05, 0) is 47.4 Å². The summed E-state index contributed by atoms with van der Waals surface area (Å²) in [6.45, 7) is 0. The van der Waals surface area contributed by atoms with Gasteiger partial charge in [-0.1, -0.05) is 48.5 Å². The molecule has 0 fully saturated rings. The van der Waals surface area contributed by atoms with E-state index in [2.05, 4.69) is 15.5 Å². The second kappa shape index (κ2) is 8.33. The van der Waals surface area contributed by atoms with Crippen molar-refractivity contribution >= 4 is 34.7 Å². The van der Waals surface area contributed by atoms with E-state index in [9.17, 15) is 4.79 Å². The number of benzene rings is 2. The summed E-state index contributed by atoms with van der Waals surface area (Å²) in [5.41, 5.74) is 4.00. The van der Waals surface area contributed by atoms with Crippen molar-refractivity contribution in [1.82, 2.24) is 19.8 Å². The smallest absolute Gasteiger partial charge is 0.248 e. The van der Waals surface area contributed by atoms with Crippen LogP contribution in [0, 0.1) is 0 Å². The zero-order chi connectivity index (χ0) is 21.0. The van der Waals surface area contributed by atoms with Gasteiger partial charge in [-0.15, -0.1) is 21.5 Å². The number of rotatable bonds is 5. The Labute approximate surface area is 182 Å². The first-order chi connectivity index (χ1) is 15.3. The molecule has 7 heteroatoms. The lowest BCUT2D eigenvalue weighted by atomic mass is 10.1. The van der Waals surface area contributed by atoms with Gasteiger partial charge < -0.3 is 5.32 Å². The molecule has 5 aromatic rings. The van der Waals surface area contributed by atoms with Gasteiger partial charge in [-0.25, -0.2) is 0 Å². The molecule has 6 nitrogen and oxygen atoms in total. The minimum Gasteiger partial charge on any atom is -0.322 e. The van der Waals surface area contributed by atoms with Crippen molar-refractivity contribution in [3.63, 3.8) is 0 Å². The summed E-state index contributed by atoms with van der Waals surface area (Å²) >= 11 is 1.59. The first kappa shape index (κ1) is 18.9. The highest BCUT2D eigenvalue weighted by Gasteiger charge is 2.12. The van der Waals surface area contributed by atoms with Gasteiger partial charge in [0.2, 0.25) is 5.91 Å². The van der Waals surface area contributed by atoms with Gasteiger partial charge in [0.15, 0.2) is 11.5 Å². The fraction of sp³-hybridized carbons (Fsp3) is 0. The molecule has 0 atom stereocenters. The van der Waals surface area contributed by atoms with E-state index in [1.54, 1.807) is 21.9 Å². The highest BCUT2D eigenvalue weighted by atomic mass is 32.1. The number of anilines is 1. The molecule has 0 bridgehead atoms. The average Bonchev–Trinajstić information content (AvgIpc) is 3.48. The molecular weight excluding hydrogens is 406 g/mol. The average molecular weight is 424 g/mol. The third-order valence-electron chi connectivity index (χ3n) is 4.66. The molecule has 3 heterocycles. The standard InChI is InChI=1S/C24H17N5OS/c30-23(14-11-17-6-2-1-3-7-17)25-19-9-4-8-18(16-19)20-12-13-22-26-27-24(29(22)28-20)21-10-5-15-31-21/h1-16H,(H,25,30)/b14-11+. The number of nitrogens with zero attached hydrogens (tertiary/aromatic N) is 4. The van der Waals surface area contributed by atoms with Crippen LogP contribution in [0.1, 0.15) is 5.56 Å². The highest BCUT2D eigenvalue weighted by Crippen LogP contribution is 2.25. The summed E-state index contributed by atoms with van der Waals surface area (Å²) in [6, 6.07) is 25.1.